The van der Waals surface area contributed by atoms with Crippen LogP contribution >= 0.6 is 11.3 Å². The minimum absolute atomic E-state index is 0.0415. The van der Waals surface area contributed by atoms with Gasteiger partial charge in [0.2, 0.25) is 5.71 Å². The predicted octanol–water partition coefficient (Wildman–Crippen LogP) is -0.286. The lowest BCUT2D eigenvalue weighted by Crippen LogP contribution is -2.36. The number of nitrogens with two attached hydrogens (primary N) is 1. The van der Waals surface area contributed by atoms with E-state index in [2.05, 4.69) is 20.1 Å². The van der Waals surface area contributed by atoms with Crippen LogP contribution in [0.25, 0.3) is 0 Å². The zero-order valence-electron chi connectivity index (χ0n) is 14.6. The predicted molar refractivity (Wildman–Crippen MR) is 94.7 cm³/mol. The Labute approximate surface area is 153 Å². The fourth-order valence-electron chi connectivity index (χ4n) is 1.43. The van der Waals surface area contributed by atoms with Crippen LogP contribution in [0, 0.1) is 0 Å². The molecule has 0 aliphatic rings. The van der Waals surface area contributed by atoms with Gasteiger partial charge in [0.15, 0.2) is 5.13 Å². The van der Waals surface area contributed by atoms with Crippen molar-refractivity contribution < 1.29 is 33.7 Å². The first-order valence-corrected chi connectivity index (χ1v) is 8.14. The number of oxime groups is 1. The molecule has 0 aromatic carbocycles. The number of hydrogen-bond donors (Lipinski definition) is 3. The van der Waals surface area contributed by atoms with Crippen LogP contribution in [0.2, 0.25) is 0 Å². The van der Waals surface area contributed by atoms with Crippen LogP contribution < -0.4 is 11.1 Å². The van der Waals surface area contributed by atoms with E-state index < -0.39 is 35.4 Å². The van der Waals surface area contributed by atoms with Gasteiger partial charge in [-0.15, -0.1) is 11.3 Å². The Hall–Kier alpha value is -2.67. The number of carbonyl (C=O) groups is 3. The Bertz CT molecular complexity index is 701. The minimum Gasteiger partial charge on any atom is -0.542 e. The first-order chi connectivity index (χ1) is 12.0. The number of aliphatic carboxylic acids is 1. The second-order valence-electron chi connectivity index (χ2n) is 5.84. The summed E-state index contributed by atoms with van der Waals surface area (Å²) in [6.07, 6.45) is -0.729. The third kappa shape index (κ3) is 7.07. The van der Waals surface area contributed by atoms with Crippen LogP contribution in [-0.2, 0) is 23.8 Å². The number of nitrogens with zero attached hydrogens (tertiary/aromatic N) is 2. The van der Waals surface area contributed by atoms with Gasteiger partial charge in [-0.1, -0.05) is 5.16 Å². The lowest BCUT2D eigenvalue weighted by atomic mass is 10.2. The van der Waals surface area contributed by atoms with Crippen LogP contribution in [0.15, 0.2) is 10.5 Å². The maximum atomic E-state index is 11.7. The largest absolute Gasteiger partial charge is 0.542 e. The lowest BCUT2D eigenvalue weighted by molar-refractivity contribution is -0.136. The average Bonchev–Trinajstić information content (AvgIpc) is 2.95. The van der Waals surface area contributed by atoms with E-state index in [4.69, 9.17) is 15.3 Å². The van der Waals surface area contributed by atoms with Gasteiger partial charge in [0.1, 0.15) is 23.9 Å². The maximum Gasteiger partial charge on any atom is 0.413 e. The molecule has 0 radical (unpaired) electrons. The Morgan fingerprint density at radius 1 is 1.46 bits per heavy atom. The van der Waals surface area contributed by atoms with Gasteiger partial charge in [0.05, 0.1) is 0 Å². The van der Waals surface area contributed by atoms with E-state index in [1.165, 1.54) is 5.38 Å². The Morgan fingerprint density at radius 2 is 2.12 bits per heavy atom. The Kier molecular flexibility index (Phi) is 7.52. The molecule has 1 aromatic heterocycles. The molecule has 1 rings (SSSR count). The fraction of sp³-hybridized carbons (Fsp3) is 0.462. The first-order valence-electron chi connectivity index (χ1n) is 7.26. The van der Waals surface area contributed by atoms with Gasteiger partial charge in [-0.3, -0.25) is 10.1 Å². The van der Waals surface area contributed by atoms with Gasteiger partial charge in [-0.05, 0) is 20.8 Å². The standard InChI is InChI=1S/C13H19BN4O7S/c1-13(2,3)24-12(22)17-11-16-7(5-26-11)8(9(19)20)18-23-4-6(15)10(21)25-14/h5-6H,4,14-15H2,1-3H3,(H,19,20)(H,16,17,22)/b18-8-/t6-/m0/s1. The number of thiazole rings is 1. The second-order valence-corrected chi connectivity index (χ2v) is 6.69. The molecule has 0 saturated carbocycles. The molecule has 1 heterocycles. The van der Waals surface area contributed by atoms with Crippen molar-refractivity contribution in [2.24, 2.45) is 10.9 Å². The number of carboxylic acid groups (broad SMARTS) is 1. The van der Waals surface area contributed by atoms with Gasteiger partial charge in [0, 0.05) is 5.38 Å². The molecule has 0 spiro atoms. The van der Waals surface area contributed by atoms with Crippen LogP contribution in [-0.4, -0.2) is 60.1 Å². The molecule has 4 N–H and O–H groups in total. The van der Waals surface area contributed by atoms with Gasteiger partial charge in [0.25, 0.3) is 0 Å². The quantitative estimate of drug-likeness (QED) is 0.325. The zero-order valence-corrected chi connectivity index (χ0v) is 15.5. The highest BCUT2D eigenvalue weighted by molar-refractivity contribution is 7.14. The summed E-state index contributed by atoms with van der Waals surface area (Å²) in [7, 11) is 1.16. The molecule has 0 saturated heterocycles. The third-order valence-corrected chi connectivity index (χ3v) is 3.23. The van der Waals surface area contributed by atoms with Crippen LogP contribution in [0.1, 0.15) is 26.5 Å². The van der Waals surface area contributed by atoms with E-state index in [0.717, 1.165) is 19.4 Å². The summed E-state index contributed by atoms with van der Waals surface area (Å²) in [6, 6.07) is -1.11. The van der Waals surface area contributed by atoms with Gasteiger partial charge in [-0.2, -0.15) is 0 Å². The summed E-state index contributed by atoms with van der Waals surface area (Å²) in [5.74, 6) is -2.14. The Morgan fingerprint density at radius 3 is 2.65 bits per heavy atom. The molecule has 0 unspecified atom stereocenters. The molecule has 0 bridgehead atoms. The molecule has 13 heteroatoms. The molecule has 0 aliphatic heterocycles. The number of anilines is 1. The SMILES string of the molecule is BOC(=O)[C@@H](N)CO/N=C(\C(=O)O)c1csc(NC(=O)OC(C)(C)C)n1. The van der Waals surface area contributed by atoms with E-state index in [1.54, 1.807) is 20.8 Å². The summed E-state index contributed by atoms with van der Waals surface area (Å²) >= 11 is 0.976. The molecule has 1 aromatic rings. The van der Waals surface area contributed by atoms with Crippen molar-refractivity contribution in [3.05, 3.63) is 11.1 Å². The summed E-state index contributed by atoms with van der Waals surface area (Å²) in [5.41, 5.74) is 4.20. The highest BCUT2D eigenvalue weighted by Crippen LogP contribution is 2.18. The summed E-state index contributed by atoms with van der Waals surface area (Å²) in [5, 5.41) is 16.5. The van der Waals surface area contributed by atoms with E-state index in [9.17, 15) is 19.5 Å². The van der Waals surface area contributed by atoms with Crippen LogP contribution in [0.4, 0.5) is 9.93 Å². The molecule has 0 aliphatic carbocycles. The van der Waals surface area contributed by atoms with Crippen molar-refractivity contribution in [2.45, 2.75) is 32.4 Å². The summed E-state index contributed by atoms with van der Waals surface area (Å²) in [6.45, 7) is 4.72. The molecule has 26 heavy (non-hydrogen) atoms. The van der Waals surface area contributed by atoms with Gasteiger partial charge in [-0.25, -0.2) is 14.6 Å². The molecule has 1 amide bonds. The molecular formula is C13H19BN4O7S. The molecule has 11 nitrogen and oxygen atoms in total. The molecule has 1 atom stereocenters. The van der Waals surface area contributed by atoms with E-state index in [0.29, 0.717) is 0 Å². The fourth-order valence-corrected chi connectivity index (χ4v) is 2.11. The number of ether oxygens (including phenoxy) is 1. The number of rotatable bonds is 7. The average molecular weight is 386 g/mol. The van der Waals surface area contributed by atoms with Crippen molar-refractivity contribution in [1.82, 2.24) is 4.98 Å². The van der Waals surface area contributed by atoms with Crippen molar-refractivity contribution in [2.75, 3.05) is 11.9 Å². The number of carboxylic acids is 1. The third-order valence-electron chi connectivity index (χ3n) is 2.47. The molecule has 142 valence electrons. The van der Waals surface area contributed by atoms with Gasteiger partial charge < -0.3 is 25.1 Å². The lowest BCUT2D eigenvalue weighted by Gasteiger charge is -2.18. The van der Waals surface area contributed by atoms with Crippen molar-refractivity contribution in [3.63, 3.8) is 0 Å². The van der Waals surface area contributed by atoms with Crippen molar-refractivity contribution in [3.8, 4) is 0 Å². The summed E-state index contributed by atoms with van der Waals surface area (Å²) in [4.78, 5) is 42.9. The normalized spacial score (nSPS) is 12.8. The number of aromatic nitrogens is 1. The monoisotopic (exact) mass is 386 g/mol. The van der Waals surface area contributed by atoms with Gasteiger partial charge >= 0.3 is 26.1 Å². The van der Waals surface area contributed by atoms with Crippen molar-refractivity contribution in [1.29, 1.82) is 0 Å². The van der Waals surface area contributed by atoms with E-state index >= 15 is 0 Å². The highest BCUT2D eigenvalue weighted by atomic mass is 32.1. The first kappa shape index (κ1) is 21.4. The maximum absolute atomic E-state index is 11.7. The minimum atomic E-state index is -1.41. The number of amides is 1. The number of hydrogen-bond acceptors (Lipinski definition) is 10. The van der Waals surface area contributed by atoms with Crippen molar-refractivity contribution >= 4 is 48.3 Å². The highest BCUT2D eigenvalue weighted by Gasteiger charge is 2.21. The molecular weight excluding hydrogens is 367 g/mol. The van der Waals surface area contributed by atoms with Crippen LogP contribution in [0.5, 0.6) is 0 Å². The van der Waals surface area contributed by atoms with Crippen LogP contribution in [0.3, 0.4) is 0 Å². The zero-order chi connectivity index (χ0) is 19.9. The number of carbonyl (C=O) groups excluding carboxylic acids is 2. The Balaban J connectivity index is 2.78. The van der Waals surface area contributed by atoms with E-state index in [1.807, 2.05) is 0 Å². The topological polar surface area (TPSA) is 162 Å². The summed E-state index contributed by atoms with van der Waals surface area (Å²) < 4.78 is 9.48. The number of nitrogens with one attached hydrogen (secondary N) is 1. The molecule has 0 fully saturated rings. The van der Waals surface area contributed by atoms with E-state index in [-0.39, 0.29) is 17.4 Å². The second kappa shape index (κ2) is 9.15. The smallest absolute Gasteiger partial charge is 0.413 e.